The Morgan fingerprint density at radius 2 is 1.33 bits per heavy atom. The first-order chi connectivity index (χ1) is 23.9. The molecule has 0 saturated heterocycles. The van der Waals surface area contributed by atoms with Crippen LogP contribution in [0.5, 0.6) is 0 Å². The standard InChI is InChI=1S/C18H17N3O4.C18H13N3O3/c1-25-18(24)15(10-22)20-17(23)12-6-8-13(9-7-12)21-11-19-14-4-2-3-5-16(14)21;1-23-18(22)15-10-24-17(20-15)12-6-8-13(9-7-12)21-11-19-14-4-2-3-5-16(14)21/h2-9,11,15,22H,10H2,1H3,(H,20,23);2-11H,1H3. The average molecular weight is 659 g/mol. The third-order valence-corrected chi connectivity index (χ3v) is 7.58. The Morgan fingerprint density at radius 3 is 1.86 bits per heavy atom. The highest BCUT2D eigenvalue weighted by atomic mass is 16.5. The molecule has 0 aliphatic rings. The lowest BCUT2D eigenvalue weighted by Crippen LogP contribution is -2.44. The third kappa shape index (κ3) is 6.92. The number of amides is 1. The fraction of sp³-hybridized carbons (Fsp3) is 0.111. The van der Waals surface area contributed by atoms with E-state index in [1.165, 1.54) is 20.5 Å². The van der Waals surface area contributed by atoms with Gasteiger partial charge < -0.3 is 24.3 Å². The maximum atomic E-state index is 12.2. The van der Waals surface area contributed by atoms with Gasteiger partial charge in [-0.2, -0.15) is 0 Å². The first kappa shape index (κ1) is 32.3. The first-order valence-corrected chi connectivity index (χ1v) is 15.0. The summed E-state index contributed by atoms with van der Waals surface area (Å²) in [5.41, 5.74) is 6.96. The van der Waals surface area contributed by atoms with Crippen molar-refractivity contribution in [3.8, 4) is 22.8 Å². The number of esters is 2. The van der Waals surface area contributed by atoms with Crippen molar-refractivity contribution in [1.29, 1.82) is 0 Å². The molecular weight excluding hydrogens is 628 g/mol. The number of methoxy groups -OCH3 is 2. The number of carbonyl (C=O) groups is 3. The number of nitrogens with zero attached hydrogens (tertiary/aromatic N) is 5. The minimum atomic E-state index is -1.09. The molecule has 0 fully saturated rings. The molecule has 0 aliphatic carbocycles. The number of imidazole rings is 2. The zero-order valence-electron chi connectivity index (χ0n) is 26.4. The first-order valence-electron chi connectivity index (χ1n) is 15.0. The number of nitrogens with one attached hydrogen (secondary N) is 1. The second kappa shape index (κ2) is 14.4. The SMILES string of the molecule is COC(=O)C(CO)NC(=O)c1ccc(-n2cnc3ccccc32)cc1.COC(=O)c1coc(-c2ccc(-n3cnc4ccccc43)cc2)n1. The normalized spacial score (nSPS) is 11.4. The Kier molecular flexibility index (Phi) is 9.53. The maximum absolute atomic E-state index is 12.2. The topological polar surface area (TPSA) is 164 Å². The van der Waals surface area contributed by atoms with Crippen molar-refractivity contribution in [3.05, 3.63) is 127 Å². The lowest BCUT2D eigenvalue weighted by atomic mass is 10.1. The van der Waals surface area contributed by atoms with Crippen molar-refractivity contribution in [2.24, 2.45) is 0 Å². The predicted octanol–water partition coefficient (Wildman–Crippen LogP) is 4.76. The molecule has 0 spiro atoms. The average Bonchev–Trinajstić information content (AvgIpc) is 3.93. The Labute approximate surface area is 279 Å². The number of hydrogen-bond donors (Lipinski definition) is 2. The van der Waals surface area contributed by atoms with E-state index in [1.807, 2.05) is 81.9 Å². The van der Waals surface area contributed by atoms with Crippen molar-refractivity contribution in [1.82, 2.24) is 29.4 Å². The van der Waals surface area contributed by atoms with Gasteiger partial charge >= 0.3 is 11.9 Å². The number of para-hydroxylation sites is 4. The molecule has 0 aliphatic heterocycles. The van der Waals surface area contributed by atoms with E-state index in [9.17, 15) is 14.4 Å². The molecule has 4 aromatic carbocycles. The molecule has 1 unspecified atom stereocenters. The van der Waals surface area contributed by atoms with Gasteiger partial charge in [-0.3, -0.25) is 13.9 Å². The Morgan fingerprint density at radius 1 is 0.776 bits per heavy atom. The molecule has 0 radical (unpaired) electrons. The van der Waals surface area contributed by atoms with Gasteiger partial charge in [-0.1, -0.05) is 24.3 Å². The van der Waals surface area contributed by atoms with Crippen molar-refractivity contribution in [2.75, 3.05) is 20.8 Å². The quantitative estimate of drug-likeness (QED) is 0.218. The van der Waals surface area contributed by atoms with E-state index < -0.39 is 30.5 Å². The van der Waals surface area contributed by atoms with Crippen LogP contribution in [0.25, 0.3) is 44.9 Å². The van der Waals surface area contributed by atoms with Gasteiger partial charge in [-0.15, -0.1) is 0 Å². The highest BCUT2D eigenvalue weighted by Gasteiger charge is 2.21. The smallest absolute Gasteiger partial charge is 0.360 e. The van der Waals surface area contributed by atoms with Gasteiger partial charge in [0.15, 0.2) is 11.7 Å². The molecule has 13 heteroatoms. The number of oxazole rings is 1. The van der Waals surface area contributed by atoms with Gasteiger partial charge in [0.2, 0.25) is 5.89 Å². The minimum absolute atomic E-state index is 0.150. The zero-order chi connectivity index (χ0) is 34.3. The molecule has 0 saturated carbocycles. The van der Waals surface area contributed by atoms with Crippen LogP contribution in [-0.2, 0) is 14.3 Å². The molecule has 49 heavy (non-hydrogen) atoms. The highest BCUT2D eigenvalue weighted by Crippen LogP contribution is 2.23. The summed E-state index contributed by atoms with van der Waals surface area (Å²) in [6.45, 7) is -0.530. The fourth-order valence-corrected chi connectivity index (χ4v) is 5.04. The van der Waals surface area contributed by atoms with Crippen molar-refractivity contribution >= 4 is 39.9 Å². The van der Waals surface area contributed by atoms with Crippen LogP contribution in [0, 0.1) is 0 Å². The second-order valence-corrected chi connectivity index (χ2v) is 10.6. The summed E-state index contributed by atoms with van der Waals surface area (Å²) in [5, 5.41) is 11.6. The van der Waals surface area contributed by atoms with E-state index in [0.717, 1.165) is 39.0 Å². The van der Waals surface area contributed by atoms with Crippen LogP contribution in [0.2, 0.25) is 0 Å². The number of carbonyl (C=O) groups excluding carboxylic acids is 3. The number of aliphatic hydroxyl groups is 1. The van der Waals surface area contributed by atoms with Crippen molar-refractivity contribution in [2.45, 2.75) is 6.04 Å². The van der Waals surface area contributed by atoms with Gasteiger partial charge in [-0.25, -0.2) is 24.5 Å². The summed E-state index contributed by atoms with van der Waals surface area (Å²) >= 11 is 0. The molecule has 0 bridgehead atoms. The van der Waals surface area contributed by atoms with E-state index in [0.29, 0.717) is 11.5 Å². The molecule has 7 aromatic rings. The summed E-state index contributed by atoms with van der Waals surface area (Å²) in [7, 11) is 2.50. The highest BCUT2D eigenvalue weighted by molar-refractivity contribution is 5.97. The van der Waals surface area contributed by atoms with Crippen LogP contribution in [0.3, 0.4) is 0 Å². The molecule has 1 atom stereocenters. The predicted molar refractivity (Wildman–Crippen MR) is 179 cm³/mol. The van der Waals surface area contributed by atoms with Crippen LogP contribution < -0.4 is 5.32 Å². The molecule has 1 amide bonds. The lowest BCUT2D eigenvalue weighted by Gasteiger charge is -2.14. The lowest BCUT2D eigenvalue weighted by molar-refractivity contribution is -0.143. The van der Waals surface area contributed by atoms with Crippen molar-refractivity contribution < 1.29 is 33.4 Å². The number of aliphatic hydroxyl groups excluding tert-OH is 1. The molecule has 3 aromatic heterocycles. The summed E-state index contributed by atoms with van der Waals surface area (Å²) in [5.74, 6) is -1.31. The van der Waals surface area contributed by atoms with E-state index >= 15 is 0 Å². The molecule has 7 rings (SSSR count). The van der Waals surface area contributed by atoms with Crippen LogP contribution in [0.1, 0.15) is 20.8 Å². The van der Waals surface area contributed by atoms with Crippen molar-refractivity contribution in [3.63, 3.8) is 0 Å². The molecule has 3 heterocycles. The summed E-state index contributed by atoms with van der Waals surface area (Å²) in [6, 6.07) is 29.1. The van der Waals surface area contributed by atoms with E-state index in [-0.39, 0.29) is 5.69 Å². The number of benzene rings is 4. The van der Waals surface area contributed by atoms with E-state index in [2.05, 4.69) is 29.7 Å². The third-order valence-electron chi connectivity index (χ3n) is 7.58. The monoisotopic (exact) mass is 658 g/mol. The van der Waals surface area contributed by atoms with Crippen LogP contribution in [-0.4, -0.2) is 73.9 Å². The largest absolute Gasteiger partial charge is 0.467 e. The maximum Gasteiger partial charge on any atom is 0.360 e. The molecule has 13 nitrogen and oxygen atoms in total. The van der Waals surface area contributed by atoms with E-state index in [1.54, 1.807) is 36.9 Å². The fourth-order valence-electron chi connectivity index (χ4n) is 5.04. The van der Waals surface area contributed by atoms with Crippen LogP contribution >= 0.6 is 0 Å². The number of hydrogen-bond acceptors (Lipinski definition) is 10. The molecular formula is C36H30N6O7. The number of rotatable bonds is 8. The molecule has 246 valence electrons. The van der Waals surface area contributed by atoms with Gasteiger partial charge in [0.05, 0.1) is 42.9 Å². The Bertz CT molecular complexity index is 2240. The van der Waals surface area contributed by atoms with Gasteiger partial charge in [0, 0.05) is 22.5 Å². The zero-order valence-corrected chi connectivity index (χ0v) is 26.4. The van der Waals surface area contributed by atoms with Gasteiger partial charge in [0.25, 0.3) is 5.91 Å². The van der Waals surface area contributed by atoms with Crippen LogP contribution in [0.15, 0.2) is 120 Å². The van der Waals surface area contributed by atoms with Gasteiger partial charge in [0.1, 0.15) is 18.9 Å². The minimum Gasteiger partial charge on any atom is -0.467 e. The number of aromatic nitrogens is 5. The summed E-state index contributed by atoms with van der Waals surface area (Å²) in [4.78, 5) is 47.9. The number of ether oxygens (including phenoxy) is 2. The van der Waals surface area contributed by atoms with Gasteiger partial charge in [-0.05, 0) is 72.8 Å². The molecule has 2 N–H and O–H groups in total. The summed E-state index contributed by atoms with van der Waals surface area (Å²) < 4.78 is 18.4. The van der Waals surface area contributed by atoms with E-state index in [4.69, 9.17) is 9.52 Å². The Hall–Kier alpha value is -6.60. The second-order valence-electron chi connectivity index (χ2n) is 10.6. The Balaban J connectivity index is 0.000000170. The summed E-state index contributed by atoms with van der Waals surface area (Å²) in [6.07, 6.45) is 4.80. The van der Waals surface area contributed by atoms with Crippen LogP contribution in [0.4, 0.5) is 0 Å². The number of fused-ring (bicyclic) bond motifs is 2.